The maximum absolute atomic E-state index is 9.00. The Morgan fingerprint density at radius 3 is 2.12 bits per heavy atom. The highest BCUT2D eigenvalue weighted by molar-refractivity contribution is 5.62. The minimum Gasteiger partial charge on any atom is -0.481 e. The van der Waals surface area contributed by atoms with Crippen LogP contribution in [0.25, 0.3) is 0 Å². The van der Waals surface area contributed by atoms with E-state index in [1.54, 1.807) is 0 Å². The van der Waals surface area contributed by atoms with Gasteiger partial charge in [-0.2, -0.15) is 0 Å². The summed E-state index contributed by atoms with van der Waals surface area (Å²) in [5.74, 6) is -0.833. The number of aliphatic carboxylic acids is 1. The zero-order chi connectivity index (χ0) is 13.4. The van der Waals surface area contributed by atoms with E-state index in [4.69, 9.17) is 15.0 Å². The monoisotopic (exact) mass is 242 g/mol. The third-order valence-corrected chi connectivity index (χ3v) is 1.97. The number of hydrogen-bond donors (Lipinski definition) is 2. The summed E-state index contributed by atoms with van der Waals surface area (Å²) in [6.07, 6.45) is 15.6. The summed E-state index contributed by atoms with van der Waals surface area (Å²) >= 11 is 0. The Kier molecular flexibility index (Phi) is 18.6. The quantitative estimate of drug-likeness (QED) is 0.505. The average molecular weight is 242 g/mol. The lowest BCUT2D eigenvalue weighted by Gasteiger charge is -1.96. The largest absolute Gasteiger partial charge is 0.481 e. The predicted octanol–water partition coefficient (Wildman–Crippen LogP) is 3.54. The van der Waals surface area contributed by atoms with E-state index in [0.717, 1.165) is 13.3 Å². The van der Waals surface area contributed by atoms with Crippen LogP contribution in [0.1, 0.15) is 52.4 Å². The Morgan fingerprint density at radius 2 is 1.59 bits per heavy atom. The molecule has 0 fully saturated rings. The van der Waals surface area contributed by atoms with Crippen molar-refractivity contribution in [3.8, 4) is 0 Å². The second-order valence-electron chi connectivity index (χ2n) is 3.75. The van der Waals surface area contributed by atoms with Gasteiger partial charge in [0.2, 0.25) is 0 Å². The van der Waals surface area contributed by atoms with E-state index in [0.29, 0.717) is 6.61 Å². The number of carboxylic acid groups (broad SMARTS) is 1. The minimum absolute atomic E-state index is 0.348. The number of unbranched alkanes of at least 4 members (excludes halogenated alkanes) is 5. The van der Waals surface area contributed by atoms with Crippen LogP contribution in [0.5, 0.6) is 0 Å². The molecule has 0 unspecified atom stereocenters. The summed E-state index contributed by atoms with van der Waals surface area (Å²) < 4.78 is 0. The smallest absolute Gasteiger partial charge is 0.300 e. The van der Waals surface area contributed by atoms with Crippen LogP contribution in [0.3, 0.4) is 0 Å². The first-order chi connectivity index (χ1) is 8.15. The molecule has 0 saturated heterocycles. The van der Waals surface area contributed by atoms with Gasteiger partial charge in [0.25, 0.3) is 5.97 Å². The van der Waals surface area contributed by atoms with E-state index >= 15 is 0 Å². The Hall–Kier alpha value is -1.09. The fourth-order valence-electron chi connectivity index (χ4n) is 1.19. The van der Waals surface area contributed by atoms with E-state index in [1.165, 1.54) is 32.1 Å². The van der Waals surface area contributed by atoms with Crippen molar-refractivity contribution in [2.24, 2.45) is 0 Å². The third kappa shape index (κ3) is 31.3. The Labute approximate surface area is 105 Å². The summed E-state index contributed by atoms with van der Waals surface area (Å²) in [4.78, 5) is 9.00. The van der Waals surface area contributed by atoms with Crippen LogP contribution in [0.15, 0.2) is 24.3 Å². The zero-order valence-electron chi connectivity index (χ0n) is 11.1. The fraction of sp³-hybridized carbons (Fsp3) is 0.643. The molecular weight excluding hydrogens is 216 g/mol. The number of rotatable bonds is 8. The summed E-state index contributed by atoms with van der Waals surface area (Å²) in [6.45, 7) is 3.46. The second kappa shape index (κ2) is 17.3. The molecule has 0 aromatic rings. The molecule has 17 heavy (non-hydrogen) atoms. The van der Waals surface area contributed by atoms with Crippen molar-refractivity contribution in [3.05, 3.63) is 24.3 Å². The van der Waals surface area contributed by atoms with Gasteiger partial charge >= 0.3 is 0 Å². The molecule has 0 radical (unpaired) electrons. The van der Waals surface area contributed by atoms with Gasteiger partial charge in [-0.15, -0.1) is 0 Å². The van der Waals surface area contributed by atoms with Crippen LogP contribution in [0.4, 0.5) is 0 Å². The van der Waals surface area contributed by atoms with Crippen LogP contribution in [-0.2, 0) is 4.79 Å². The Morgan fingerprint density at radius 1 is 1.06 bits per heavy atom. The number of carbonyl (C=O) groups is 1. The molecular formula is C14H26O3. The number of aliphatic hydroxyl groups excluding tert-OH is 1. The molecule has 3 nitrogen and oxygen atoms in total. The highest BCUT2D eigenvalue weighted by atomic mass is 16.4. The SMILES string of the molecule is CC(=O)O.CC=CC=CCCCCCCCO. The molecule has 0 aliphatic heterocycles. The van der Waals surface area contributed by atoms with Crippen LogP contribution >= 0.6 is 0 Å². The molecule has 3 heteroatoms. The molecule has 0 aliphatic rings. The fourth-order valence-corrected chi connectivity index (χ4v) is 1.19. The molecule has 0 aliphatic carbocycles. The maximum atomic E-state index is 9.00. The van der Waals surface area contributed by atoms with Gasteiger partial charge in [-0.05, 0) is 26.2 Å². The van der Waals surface area contributed by atoms with Crippen molar-refractivity contribution in [2.75, 3.05) is 6.61 Å². The average Bonchev–Trinajstić information content (AvgIpc) is 2.26. The summed E-state index contributed by atoms with van der Waals surface area (Å²) in [6, 6.07) is 0. The molecule has 0 rings (SSSR count). The van der Waals surface area contributed by atoms with E-state index in [2.05, 4.69) is 18.2 Å². The lowest BCUT2D eigenvalue weighted by Crippen LogP contribution is -1.82. The molecule has 0 aromatic carbocycles. The van der Waals surface area contributed by atoms with Gasteiger partial charge in [0.05, 0.1) is 0 Å². The van der Waals surface area contributed by atoms with Gasteiger partial charge in [0.15, 0.2) is 0 Å². The van der Waals surface area contributed by atoms with E-state index in [1.807, 2.05) is 13.0 Å². The number of hydrogen-bond acceptors (Lipinski definition) is 2. The van der Waals surface area contributed by atoms with Gasteiger partial charge in [0, 0.05) is 13.5 Å². The lowest BCUT2D eigenvalue weighted by atomic mass is 10.1. The standard InChI is InChI=1S/C12H22O.C2H4O2/c1-2-3-4-5-6-7-8-9-10-11-12-13;1-2(3)4/h2-5,13H,6-12H2,1H3;1H3,(H,3,4). The summed E-state index contributed by atoms with van der Waals surface area (Å²) in [5.41, 5.74) is 0. The van der Waals surface area contributed by atoms with E-state index < -0.39 is 5.97 Å². The molecule has 0 bridgehead atoms. The lowest BCUT2D eigenvalue weighted by molar-refractivity contribution is -0.134. The van der Waals surface area contributed by atoms with Crippen molar-refractivity contribution in [1.29, 1.82) is 0 Å². The van der Waals surface area contributed by atoms with Crippen LogP contribution < -0.4 is 0 Å². The molecule has 0 atom stereocenters. The van der Waals surface area contributed by atoms with E-state index in [-0.39, 0.29) is 0 Å². The van der Waals surface area contributed by atoms with Crippen molar-refractivity contribution in [3.63, 3.8) is 0 Å². The third-order valence-electron chi connectivity index (χ3n) is 1.97. The van der Waals surface area contributed by atoms with Gasteiger partial charge in [-0.25, -0.2) is 0 Å². The van der Waals surface area contributed by atoms with Gasteiger partial charge < -0.3 is 10.2 Å². The molecule has 2 N–H and O–H groups in total. The van der Waals surface area contributed by atoms with Crippen LogP contribution in [0, 0.1) is 0 Å². The zero-order valence-corrected chi connectivity index (χ0v) is 11.1. The molecule has 0 aromatic heterocycles. The first-order valence-electron chi connectivity index (χ1n) is 6.23. The van der Waals surface area contributed by atoms with Gasteiger partial charge in [-0.1, -0.05) is 43.6 Å². The molecule has 100 valence electrons. The van der Waals surface area contributed by atoms with Crippen molar-refractivity contribution >= 4 is 5.97 Å². The predicted molar refractivity (Wildman–Crippen MR) is 72.1 cm³/mol. The Balaban J connectivity index is 0. The summed E-state index contributed by atoms with van der Waals surface area (Å²) in [5, 5.41) is 16.0. The normalized spacial score (nSPS) is 10.5. The number of allylic oxidation sites excluding steroid dienone is 4. The Bertz CT molecular complexity index is 204. The van der Waals surface area contributed by atoms with Crippen molar-refractivity contribution in [1.82, 2.24) is 0 Å². The molecule has 0 spiro atoms. The highest BCUT2D eigenvalue weighted by Crippen LogP contribution is 2.05. The first kappa shape index (κ1) is 18.3. The van der Waals surface area contributed by atoms with Crippen molar-refractivity contribution < 1.29 is 15.0 Å². The topological polar surface area (TPSA) is 57.5 Å². The number of aliphatic hydroxyl groups is 1. The second-order valence-corrected chi connectivity index (χ2v) is 3.75. The van der Waals surface area contributed by atoms with Crippen LogP contribution in [0.2, 0.25) is 0 Å². The minimum atomic E-state index is -0.833. The molecule has 0 saturated carbocycles. The maximum Gasteiger partial charge on any atom is 0.300 e. The number of carboxylic acids is 1. The molecule has 0 amide bonds. The van der Waals surface area contributed by atoms with Crippen LogP contribution in [-0.4, -0.2) is 22.8 Å². The van der Waals surface area contributed by atoms with Crippen molar-refractivity contribution in [2.45, 2.75) is 52.4 Å². The van der Waals surface area contributed by atoms with Gasteiger partial charge in [0.1, 0.15) is 0 Å². The summed E-state index contributed by atoms with van der Waals surface area (Å²) in [7, 11) is 0. The highest BCUT2D eigenvalue weighted by Gasteiger charge is 1.87. The molecule has 0 heterocycles. The van der Waals surface area contributed by atoms with Gasteiger partial charge in [-0.3, -0.25) is 4.79 Å². The van der Waals surface area contributed by atoms with E-state index in [9.17, 15) is 0 Å². The first-order valence-corrected chi connectivity index (χ1v) is 6.23.